The van der Waals surface area contributed by atoms with Gasteiger partial charge in [-0.2, -0.15) is 11.8 Å². The van der Waals surface area contributed by atoms with Gasteiger partial charge in [-0.1, -0.05) is 6.92 Å². The SMILES string of the molecule is CC(CSCc1ccco1)C(=O)c1cnccn1. The van der Waals surface area contributed by atoms with Crippen LogP contribution in [-0.4, -0.2) is 21.5 Å². The number of furan rings is 1. The van der Waals surface area contributed by atoms with Gasteiger partial charge in [-0.3, -0.25) is 9.78 Å². The van der Waals surface area contributed by atoms with Crippen LogP contribution in [0.4, 0.5) is 0 Å². The molecule has 0 saturated heterocycles. The molecule has 0 aliphatic carbocycles. The number of thioether (sulfide) groups is 1. The first-order chi connectivity index (χ1) is 8.77. The predicted octanol–water partition coefficient (Wildman–Crippen LogP) is 2.82. The maximum absolute atomic E-state index is 12.0. The van der Waals surface area contributed by atoms with Crippen LogP contribution in [0.2, 0.25) is 0 Å². The molecule has 1 atom stereocenters. The minimum Gasteiger partial charge on any atom is -0.468 e. The maximum atomic E-state index is 12.0. The van der Waals surface area contributed by atoms with Crippen LogP contribution >= 0.6 is 11.8 Å². The molecule has 0 saturated carbocycles. The molecule has 2 rings (SSSR count). The van der Waals surface area contributed by atoms with Crippen LogP contribution in [0.25, 0.3) is 0 Å². The summed E-state index contributed by atoms with van der Waals surface area (Å²) in [7, 11) is 0. The zero-order valence-electron chi connectivity index (χ0n) is 10.1. The van der Waals surface area contributed by atoms with E-state index in [9.17, 15) is 4.79 Å². The van der Waals surface area contributed by atoms with Crippen LogP contribution in [0.3, 0.4) is 0 Å². The molecule has 0 radical (unpaired) electrons. The fourth-order valence-electron chi connectivity index (χ4n) is 1.49. The molecule has 18 heavy (non-hydrogen) atoms. The van der Waals surface area contributed by atoms with Crippen molar-refractivity contribution in [3.8, 4) is 0 Å². The highest BCUT2D eigenvalue weighted by Gasteiger charge is 2.16. The smallest absolute Gasteiger partial charge is 0.186 e. The highest BCUT2D eigenvalue weighted by molar-refractivity contribution is 7.98. The van der Waals surface area contributed by atoms with Crippen molar-refractivity contribution in [2.75, 3.05) is 5.75 Å². The highest BCUT2D eigenvalue weighted by atomic mass is 32.2. The molecule has 0 bridgehead atoms. The summed E-state index contributed by atoms with van der Waals surface area (Å²) < 4.78 is 5.23. The minimum atomic E-state index is -0.0679. The Labute approximate surface area is 110 Å². The number of hydrogen-bond donors (Lipinski definition) is 0. The minimum absolute atomic E-state index is 0.0371. The summed E-state index contributed by atoms with van der Waals surface area (Å²) in [5.41, 5.74) is 0.434. The summed E-state index contributed by atoms with van der Waals surface area (Å²) in [4.78, 5) is 19.9. The Morgan fingerprint density at radius 3 is 3.06 bits per heavy atom. The van der Waals surface area contributed by atoms with Crippen LogP contribution in [0, 0.1) is 5.92 Å². The first kappa shape index (κ1) is 12.8. The number of aromatic nitrogens is 2. The zero-order valence-corrected chi connectivity index (χ0v) is 10.9. The molecule has 1 unspecified atom stereocenters. The third kappa shape index (κ3) is 3.43. The first-order valence-electron chi connectivity index (χ1n) is 5.67. The van der Waals surface area contributed by atoms with E-state index in [1.807, 2.05) is 19.1 Å². The van der Waals surface area contributed by atoms with Crippen molar-refractivity contribution in [3.63, 3.8) is 0 Å². The van der Waals surface area contributed by atoms with Crippen molar-refractivity contribution in [1.29, 1.82) is 0 Å². The van der Waals surface area contributed by atoms with Gasteiger partial charge in [0.05, 0.1) is 18.2 Å². The summed E-state index contributed by atoms with van der Waals surface area (Å²) in [5.74, 6) is 2.43. The molecule has 0 aliphatic rings. The lowest BCUT2D eigenvalue weighted by molar-refractivity contribution is 0.0936. The van der Waals surface area contributed by atoms with E-state index in [2.05, 4.69) is 9.97 Å². The van der Waals surface area contributed by atoms with Crippen molar-refractivity contribution in [1.82, 2.24) is 9.97 Å². The number of ketones is 1. The van der Waals surface area contributed by atoms with Crippen LogP contribution in [0.5, 0.6) is 0 Å². The highest BCUT2D eigenvalue weighted by Crippen LogP contribution is 2.17. The van der Waals surface area contributed by atoms with Gasteiger partial charge in [0.15, 0.2) is 5.78 Å². The lowest BCUT2D eigenvalue weighted by Crippen LogP contribution is -2.15. The fourth-order valence-corrected chi connectivity index (χ4v) is 2.47. The molecule has 0 aliphatic heterocycles. The van der Waals surface area contributed by atoms with Gasteiger partial charge in [0.1, 0.15) is 11.5 Å². The second-order valence-corrected chi connectivity index (χ2v) is 4.98. The Morgan fingerprint density at radius 1 is 1.50 bits per heavy atom. The molecule has 2 aromatic heterocycles. The molecular formula is C13H14N2O2S. The van der Waals surface area contributed by atoms with Gasteiger partial charge in [-0.15, -0.1) is 0 Å². The van der Waals surface area contributed by atoms with Gasteiger partial charge in [-0.05, 0) is 12.1 Å². The van der Waals surface area contributed by atoms with Crippen LogP contribution in [0.1, 0.15) is 23.2 Å². The molecular weight excluding hydrogens is 248 g/mol. The van der Waals surface area contributed by atoms with Crippen LogP contribution in [-0.2, 0) is 5.75 Å². The molecule has 94 valence electrons. The van der Waals surface area contributed by atoms with E-state index in [0.29, 0.717) is 5.69 Å². The second-order valence-electron chi connectivity index (χ2n) is 3.95. The van der Waals surface area contributed by atoms with Crippen molar-refractivity contribution >= 4 is 17.5 Å². The standard InChI is InChI=1S/C13H14N2O2S/c1-10(8-18-9-11-3-2-6-17-11)13(16)12-7-14-4-5-15-12/h2-7,10H,8-9H2,1H3. The Balaban J connectivity index is 1.81. The van der Waals surface area contributed by atoms with Gasteiger partial charge in [0.2, 0.25) is 0 Å². The average molecular weight is 262 g/mol. The van der Waals surface area contributed by atoms with Crippen molar-refractivity contribution < 1.29 is 9.21 Å². The number of hydrogen-bond acceptors (Lipinski definition) is 5. The average Bonchev–Trinajstić information content (AvgIpc) is 2.92. The molecule has 0 spiro atoms. The fraction of sp³-hybridized carbons (Fsp3) is 0.308. The van der Waals surface area contributed by atoms with Gasteiger partial charge in [0.25, 0.3) is 0 Å². The molecule has 5 heteroatoms. The number of rotatable bonds is 6. The summed E-state index contributed by atoms with van der Waals surface area (Å²) in [6.45, 7) is 1.91. The topological polar surface area (TPSA) is 56.0 Å². The maximum Gasteiger partial charge on any atom is 0.186 e. The summed E-state index contributed by atoms with van der Waals surface area (Å²) in [6.07, 6.45) is 6.27. The quantitative estimate of drug-likeness (QED) is 0.749. The predicted molar refractivity (Wildman–Crippen MR) is 70.4 cm³/mol. The van der Waals surface area contributed by atoms with E-state index < -0.39 is 0 Å². The molecule has 0 amide bonds. The first-order valence-corrected chi connectivity index (χ1v) is 6.83. The normalized spacial score (nSPS) is 12.3. The molecule has 0 fully saturated rings. The van der Waals surface area contributed by atoms with Gasteiger partial charge < -0.3 is 4.42 Å². The monoisotopic (exact) mass is 262 g/mol. The Bertz CT molecular complexity index is 485. The number of nitrogens with zero attached hydrogens (tertiary/aromatic N) is 2. The number of carbonyl (C=O) groups is 1. The van der Waals surface area contributed by atoms with Crippen molar-refractivity contribution in [2.24, 2.45) is 5.92 Å². The third-order valence-corrected chi connectivity index (χ3v) is 3.68. The molecule has 2 heterocycles. The Kier molecular flexibility index (Phi) is 4.52. The van der Waals surface area contributed by atoms with E-state index in [4.69, 9.17) is 4.42 Å². The van der Waals surface area contributed by atoms with E-state index in [-0.39, 0.29) is 11.7 Å². The lowest BCUT2D eigenvalue weighted by Gasteiger charge is -2.08. The van der Waals surface area contributed by atoms with E-state index in [0.717, 1.165) is 17.3 Å². The van der Waals surface area contributed by atoms with Gasteiger partial charge in [-0.25, -0.2) is 4.98 Å². The number of carbonyl (C=O) groups excluding carboxylic acids is 1. The third-order valence-electron chi connectivity index (χ3n) is 2.46. The molecule has 0 N–H and O–H groups in total. The van der Waals surface area contributed by atoms with Crippen LogP contribution in [0.15, 0.2) is 41.4 Å². The molecule has 0 aromatic carbocycles. The summed E-state index contributed by atoms with van der Waals surface area (Å²) in [5, 5.41) is 0. The van der Waals surface area contributed by atoms with Crippen molar-refractivity contribution in [3.05, 3.63) is 48.4 Å². The lowest BCUT2D eigenvalue weighted by atomic mass is 10.1. The molecule has 4 nitrogen and oxygen atoms in total. The summed E-state index contributed by atoms with van der Waals surface area (Å²) >= 11 is 1.68. The van der Waals surface area contributed by atoms with Crippen molar-refractivity contribution in [2.45, 2.75) is 12.7 Å². The Hall–Kier alpha value is -1.62. The van der Waals surface area contributed by atoms with E-state index >= 15 is 0 Å². The molecule has 2 aromatic rings. The largest absolute Gasteiger partial charge is 0.468 e. The Morgan fingerprint density at radius 2 is 2.39 bits per heavy atom. The second kappa shape index (κ2) is 6.35. The van der Waals surface area contributed by atoms with Crippen LogP contribution < -0.4 is 0 Å². The number of Topliss-reactive ketones (excluding diaryl/α,β-unsaturated/α-hetero) is 1. The summed E-state index contributed by atoms with van der Waals surface area (Å²) in [6, 6.07) is 3.80. The van der Waals surface area contributed by atoms with E-state index in [1.54, 1.807) is 24.2 Å². The van der Waals surface area contributed by atoms with Gasteiger partial charge in [0, 0.05) is 24.1 Å². The van der Waals surface area contributed by atoms with Gasteiger partial charge >= 0.3 is 0 Å². The van der Waals surface area contributed by atoms with E-state index in [1.165, 1.54) is 12.4 Å². The zero-order chi connectivity index (χ0) is 12.8.